The predicted octanol–water partition coefficient (Wildman–Crippen LogP) is 18.7. The Morgan fingerprint density at radius 1 is 0.250 bits per heavy atom. The normalized spacial score (nSPS) is 12.2. The summed E-state index contributed by atoms with van der Waals surface area (Å²) in [7, 11) is 0. The highest BCUT2D eigenvalue weighted by molar-refractivity contribution is 6.26. The minimum Gasteiger partial charge on any atom is -0.310 e. The van der Waals surface area contributed by atoms with Crippen LogP contribution in [0.3, 0.4) is 0 Å². The Balaban J connectivity index is 0.807. The highest BCUT2D eigenvalue weighted by Crippen LogP contribution is 2.44. The number of anilines is 6. The quantitative estimate of drug-likeness (QED) is 0.140. The lowest BCUT2D eigenvalue weighted by Crippen LogP contribution is -2.10. The molecular weight excluding hydrogens is 821 g/mol. The number of benzene rings is 12. The number of aryl methyl sites for hydroxylation is 1. The van der Waals surface area contributed by atoms with E-state index >= 15 is 0 Å². The van der Waals surface area contributed by atoms with Crippen LogP contribution in [0.4, 0.5) is 34.1 Å². The first-order valence-corrected chi connectivity index (χ1v) is 23.7. The van der Waals surface area contributed by atoms with E-state index in [-0.39, 0.29) is 0 Å². The summed E-state index contributed by atoms with van der Waals surface area (Å²) in [6.07, 6.45) is 6.82. The smallest absolute Gasteiger partial charge is 0.0468 e. The zero-order valence-electron chi connectivity index (χ0n) is 37.6. The standard InChI is InChI=1S/C66H46N2/c1-3-15-49(16-4-1)67(53-39-41-63-59-23-9-7-19-55(59)57-21-11-13-25-61(57)65(63)43-53)51-35-31-47(32-36-51)45-27-29-46(30-28-45)48-33-37-52(38-34-48)68(50-17-5-2-6-18-50)54-40-42-64-60-24-10-8-20-56(60)58-22-12-14-26-62(58)66(64)44-54/h1-11,13-21,23-44H,12,22H2. The molecule has 12 aromatic carbocycles. The first-order chi connectivity index (χ1) is 33.7. The summed E-state index contributed by atoms with van der Waals surface area (Å²) in [5, 5.41) is 13.0. The van der Waals surface area contributed by atoms with Crippen molar-refractivity contribution in [2.24, 2.45) is 0 Å². The lowest BCUT2D eigenvalue weighted by atomic mass is 9.86. The molecule has 13 rings (SSSR count). The zero-order valence-corrected chi connectivity index (χ0v) is 37.6. The number of allylic oxidation sites excluding steroid dienone is 1. The summed E-state index contributed by atoms with van der Waals surface area (Å²) in [6, 6.07) is 88.8. The lowest BCUT2D eigenvalue weighted by molar-refractivity contribution is 1.00. The Labute approximate surface area is 396 Å². The van der Waals surface area contributed by atoms with Crippen LogP contribution < -0.4 is 9.80 Å². The first kappa shape index (κ1) is 39.6. The fourth-order valence-corrected chi connectivity index (χ4v) is 10.9. The maximum atomic E-state index is 2.40. The minimum absolute atomic E-state index is 1.07. The molecule has 0 spiro atoms. The number of nitrogens with zero attached hydrogens (tertiary/aromatic N) is 2. The van der Waals surface area contributed by atoms with Gasteiger partial charge in [-0.25, -0.2) is 0 Å². The van der Waals surface area contributed by atoms with Gasteiger partial charge in [-0.05, 0) is 173 Å². The molecule has 0 saturated carbocycles. The molecule has 0 radical (unpaired) electrons. The number of hydrogen-bond acceptors (Lipinski definition) is 2. The number of hydrogen-bond donors (Lipinski definition) is 0. The van der Waals surface area contributed by atoms with Gasteiger partial charge < -0.3 is 9.80 Å². The summed E-state index contributed by atoms with van der Waals surface area (Å²) in [6.45, 7) is 0. The Bertz CT molecular complexity index is 3840. The van der Waals surface area contributed by atoms with E-state index in [4.69, 9.17) is 0 Å². The molecule has 0 unspecified atom stereocenters. The molecule has 0 bridgehead atoms. The molecule has 0 N–H and O–H groups in total. The SMILES string of the molecule is C1=Cc2c(c3ccccc3c3ccc(N(c4ccccc4)c4ccc(-c5ccc(-c6ccc(N(c7ccccc7)c7ccc8c9ccccc9c9ccccc9c8c7)cc6)cc5)cc4)cc23)CC1. The van der Waals surface area contributed by atoms with Gasteiger partial charge in [0.15, 0.2) is 0 Å². The van der Waals surface area contributed by atoms with Crippen molar-refractivity contribution in [3.8, 4) is 22.3 Å². The highest BCUT2D eigenvalue weighted by atomic mass is 15.1. The molecule has 320 valence electrons. The maximum Gasteiger partial charge on any atom is 0.0468 e. The second kappa shape index (κ2) is 16.6. The highest BCUT2D eigenvalue weighted by Gasteiger charge is 2.20. The molecule has 0 aromatic heterocycles. The lowest BCUT2D eigenvalue weighted by Gasteiger charge is -2.27. The molecule has 1 aliphatic rings. The van der Waals surface area contributed by atoms with Crippen LogP contribution in [0.2, 0.25) is 0 Å². The summed E-state index contributed by atoms with van der Waals surface area (Å²) in [5.41, 5.74) is 14.3. The Morgan fingerprint density at radius 3 is 1.04 bits per heavy atom. The third-order valence-electron chi connectivity index (χ3n) is 14.1. The molecule has 0 heterocycles. The first-order valence-electron chi connectivity index (χ1n) is 23.7. The molecule has 0 fully saturated rings. The van der Waals surface area contributed by atoms with Crippen LogP contribution in [0.15, 0.2) is 249 Å². The molecule has 0 saturated heterocycles. The van der Waals surface area contributed by atoms with Crippen LogP contribution in [0.5, 0.6) is 0 Å². The largest absolute Gasteiger partial charge is 0.310 e. The van der Waals surface area contributed by atoms with E-state index in [0.29, 0.717) is 0 Å². The van der Waals surface area contributed by atoms with Crippen molar-refractivity contribution in [3.05, 3.63) is 260 Å². The van der Waals surface area contributed by atoms with E-state index in [0.717, 1.165) is 47.0 Å². The van der Waals surface area contributed by atoms with Gasteiger partial charge >= 0.3 is 0 Å². The topological polar surface area (TPSA) is 6.48 Å². The fraction of sp³-hybridized carbons (Fsp3) is 0.0303. The third kappa shape index (κ3) is 6.81. The van der Waals surface area contributed by atoms with Crippen LogP contribution in [0.25, 0.3) is 82.2 Å². The molecule has 2 heteroatoms. The molecular formula is C66H46N2. The van der Waals surface area contributed by atoms with E-state index < -0.39 is 0 Å². The number of fused-ring (bicyclic) bond motifs is 12. The third-order valence-corrected chi connectivity index (χ3v) is 14.1. The maximum absolute atomic E-state index is 2.40. The average molecular weight is 867 g/mol. The monoisotopic (exact) mass is 866 g/mol. The van der Waals surface area contributed by atoms with Gasteiger partial charge in [0, 0.05) is 34.1 Å². The van der Waals surface area contributed by atoms with Crippen molar-refractivity contribution < 1.29 is 0 Å². The molecule has 0 aliphatic heterocycles. The summed E-state index contributed by atoms with van der Waals surface area (Å²) >= 11 is 0. The second-order valence-corrected chi connectivity index (χ2v) is 17.9. The van der Waals surface area contributed by atoms with Gasteiger partial charge in [0.2, 0.25) is 0 Å². The second-order valence-electron chi connectivity index (χ2n) is 17.9. The van der Waals surface area contributed by atoms with Crippen molar-refractivity contribution >= 4 is 94.1 Å². The van der Waals surface area contributed by atoms with Crippen LogP contribution in [0, 0.1) is 0 Å². The molecule has 12 aromatic rings. The fourth-order valence-electron chi connectivity index (χ4n) is 10.9. The summed E-state index contributed by atoms with van der Waals surface area (Å²) < 4.78 is 0. The van der Waals surface area contributed by atoms with Gasteiger partial charge in [0.1, 0.15) is 0 Å². The van der Waals surface area contributed by atoms with Gasteiger partial charge in [0.05, 0.1) is 0 Å². The van der Waals surface area contributed by atoms with Crippen LogP contribution >= 0.6 is 0 Å². The average Bonchev–Trinajstić information content (AvgIpc) is 3.42. The molecule has 1 aliphatic carbocycles. The number of rotatable bonds is 8. The zero-order chi connectivity index (χ0) is 45.0. The molecule has 2 nitrogen and oxygen atoms in total. The van der Waals surface area contributed by atoms with Crippen LogP contribution in [-0.4, -0.2) is 0 Å². The van der Waals surface area contributed by atoms with E-state index in [2.05, 4.69) is 265 Å². The van der Waals surface area contributed by atoms with Crippen molar-refractivity contribution in [2.75, 3.05) is 9.80 Å². The van der Waals surface area contributed by atoms with Crippen molar-refractivity contribution in [1.29, 1.82) is 0 Å². The van der Waals surface area contributed by atoms with E-state index in [1.54, 1.807) is 0 Å². The summed E-state index contributed by atoms with van der Waals surface area (Å²) in [4.78, 5) is 4.75. The molecule has 0 atom stereocenters. The Morgan fingerprint density at radius 2 is 0.574 bits per heavy atom. The van der Waals surface area contributed by atoms with Gasteiger partial charge in [-0.3, -0.25) is 0 Å². The van der Waals surface area contributed by atoms with Crippen molar-refractivity contribution in [2.45, 2.75) is 12.8 Å². The minimum atomic E-state index is 1.07. The Kier molecular flexibility index (Phi) is 9.68. The van der Waals surface area contributed by atoms with E-state index in [9.17, 15) is 0 Å². The van der Waals surface area contributed by atoms with Crippen LogP contribution in [0.1, 0.15) is 17.5 Å². The van der Waals surface area contributed by atoms with Gasteiger partial charge in [-0.2, -0.15) is 0 Å². The molecule has 68 heavy (non-hydrogen) atoms. The van der Waals surface area contributed by atoms with E-state index in [1.165, 1.54) is 87.2 Å². The Hall–Kier alpha value is -8.72. The van der Waals surface area contributed by atoms with Gasteiger partial charge in [0.25, 0.3) is 0 Å². The van der Waals surface area contributed by atoms with E-state index in [1.807, 2.05) is 0 Å². The van der Waals surface area contributed by atoms with Crippen LogP contribution in [-0.2, 0) is 6.42 Å². The van der Waals surface area contributed by atoms with Gasteiger partial charge in [-0.15, -0.1) is 0 Å². The van der Waals surface area contributed by atoms with Gasteiger partial charge in [-0.1, -0.05) is 182 Å². The molecule has 0 amide bonds. The number of para-hydroxylation sites is 2. The predicted molar refractivity (Wildman–Crippen MR) is 292 cm³/mol. The summed E-state index contributed by atoms with van der Waals surface area (Å²) in [5.74, 6) is 0. The van der Waals surface area contributed by atoms with Crippen molar-refractivity contribution in [1.82, 2.24) is 0 Å². The van der Waals surface area contributed by atoms with Crippen molar-refractivity contribution in [3.63, 3.8) is 0 Å².